The second-order valence-corrected chi connectivity index (χ2v) is 15.2. The molecule has 0 heterocycles. The van der Waals surface area contributed by atoms with Gasteiger partial charge in [-0.3, -0.25) is 4.55 Å². The fourth-order valence-corrected chi connectivity index (χ4v) is 7.92. The monoisotopic (exact) mass is 705 g/mol. The average molecular weight is 706 g/mol. The first-order chi connectivity index (χ1) is 19.1. The third kappa shape index (κ3) is 18.2. The van der Waals surface area contributed by atoms with Crippen LogP contribution in [-0.4, -0.2) is 43.1 Å². The van der Waals surface area contributed by atoms with Gasteiger partial charge in [-0.2, -0.15) is 21.6 Å². The van der Waals surface area contributed by atoms with E-state index < -0.39 is 15.6 Å². The zero-order chi connectivity index (χ0) is 29.1. The summed E-state index contributed by atoms with van der Waals surface area (Å²) in [6.45, 7) is 0. The second kappa shape index (κ2) is 21.5. The van der Waals surface area contributed by atoms with Crippen molar-refractivity contribution in [2.24, 2.45) is 0 Å². The van der Waals surface area contributed by atoms with Crippen LogP contribution < -0.4 is 21.2 Å². The van der Waals surface area contributed by atoms with E-state index in [4.69, 9.17) is 13.0 Å². The van der Waals surface area contributed by atoms with Crippen LogP contribution in [0.1, 0.15) is 0 Å². The van der Waals surface area contributed by atoms with Crippen molar-refractivity contribution in [3.63, 3.8) is 0 Å². The molecule has 1 radical (unpaired) electrons. The Labute approximate surface area is 259 Å². The third-order valence-corrected chi connectivity index (χ3v) is 11.5. The smallest absolute Gasteiger partial charge is 0.279 e. The van der Waals surface area contributed by atoms with Crippen molar-refractivity contribution in [2.45, 2.75) is 5.51 Å². The van der Waals surface area contributed by atoms with E-state index >= 15 is 0 Å². The maximum atomic E-state index is 10.7. The van der Waals surface area contributed by atoms with Gasteiger partial charge < -0.3 is 0 Å². The first-order valence-electron chi connectivity index (χ1n) is 12.3. The van der Waals surface area contributed by atoms with E-state index in [1.165, 1.54) is 45.9 Å². The Morgan fingerprint density at radius 3 is 0.805 bits per heavy atom. The van der Waals surface area contributed by atoms with E-state index in [0.717, 1.165) is 34.3 Å². The van der Waals surface area contributed by atoms with E-state index in [1.54, 1.807) is 0 Å². The molecule has 0 saturated heterocycles. The Bertz CT molecular complexity index is 1140. The number of rotatable bonds is 10. The van der Waals surface area contributed by atoms with Gasteiger partial charge in [0.1, 0.15) is 0 Å². The fraction of sp³-hybridized carbons (Fsp3) is 0.172. The Balaban J connectivity index is 0.000000322. The van der Waals surface area contributed by atoms with Crippen LogP contribution >= 0.6 is 34.3 Å². The Kier molecular flexibility index (Phi) is 19.8. The van der Waals surface area contributed by atoms with Gasteiger partial charge in [0.15, 0.2) is 0 Å². The molecule has 3 nitrogen and oxygen atoms in total. The Hall–Kier alpha value is -1.18. The fourth-order valence-electron chi connectivity index (χ4n) is 3.05. The Morgan fingerprint density at radius 2 is 0.659 bits per heavy atom. The summed E-state index contributed by atoms with van der Waals surface area (Å²) < 4.78 is 57.5. The maximum absolute atomic E-state index is 10.7. The van der Waals surface area contributed by atoms with Crippen molar-refractivity contribution in [2.75, 3.05) is 24.6 Å². The second-order valence-electron chi connectivity index (χ2n) is 8.09. The molecule has 0 amide bonds. The van der Waals surface area contributed by atoms with Crippen LogP contribution in [0.5, 0.6) is 0 Å². The van der Waals surface area contributed by atoms with Crippen LogP contribution in [-0.2, 0) is 27.2 Å². The zero-order valence-electron chi connectivity index (χ0n) is 22.0. The normalized spacial score (nSPS) is 11.9. The molecular formula is C29H33CuF3O3P4S. The van der Waals surface area contributed by atoms with Crippen LogP contribution in [0, 0.1) is 0 Å². The summed E-state index contributed by atoms with van der Waals surface area (Å²) in [6.07, 6.45) is 5.27. The average Bonchev–Trinajstić information content (AvgIpc) is 2.95. The summed E-state index contributed by atoms with van der Waals surface area (Å²) in [5.74, 6) is 0. The predicted molar refractivity (Wildman–Crippen MR) is 175 cm³/mol. The van der Waals surface area contributed by atoms with E-state index in [1.807, 2.05) is 0 Å². The van der Waals surface area contributed by atoms with E-state index in [2.05, 4.69) is 121 Å². The van der Waals surface area contributed by atoms with Crippen LogP contribution in [0.15, 0.2) is 121 Å². The van der Waals surface area contributed by atoms with Crippen molar-refractivity contribution in [1.29, 1.82) is 0 Å². The van der Waals surface area contributed by atoms with Crippen LogP contribution in [0.4, 0.5) is 13.2 Å². The molecule has 0 aliphatic heterocycles. The maximum Gasteiger partial charge on any atom is 0.522 e. The van der Waals surface area contributed by atoms with Crippen molar-refractivity contribution in [3.05, 3.63) is 121 Å². The topological polar surface area (TPSA) is 54.4 Å². The van der Waals surface area contributed by atoms with Crippen molar-refractivity contribution in [3.8, 4) is 0 Å². The van der Waals surface area contributed by atoms with Gasteiger partial charge in [0.25, 0.3) is 0 Å². The SMILES string of the molecule is O=S(=O)(O)C(F)(F)F.[Cu].c1ccc(PCCPc2ccccc2)cc1.c1ccc(PCCPc2ccccc2)cc1. The molecule has 0 aliphatic rings. The minimum Gasteiger partial charge on any atom is -0.279 e. The van der Waals surface area contributed by atoms with Gasteiger partial charge in [-0.1, -0.05) is 156 Å². The largest absolute Gasteiger partial charge is 0.522 e. The predicted octanol–water partition coefficient (Wildman–Crippen LogP) is 6.38. The van der Waals surface area contributed by atoms with E-state index in [9.17, 15) is 13.2 Å². The molecule has 4 unspecified atom stereocenters. The minimum atomic E-state index is -5.84. The molecule has 4 aromatic rings. The molecular weight excluding hydrogens is 673 g/mol. The van der Waals surface area contributed by atoms with Gasteiger partial charge in [-0.15, -0.1) is 0 Å². The molecule has 0 bridgehead atoms. The summed E-state index contributed by atoms with van der Waals surface area (Å²) >= 11 is 0. The molecule has 4 atom stereocenters. The molecule has 225 valence electrons. The van der Waals surface area contributed by atoms with Gasteiger partial charge in [0, 0.05) is 17.1 Å². The van der Waals surface area contributed by atoms with Crippen LogP contribution in [0.3, 0.4) is 0 Å². The van der Waals surface area contributed by atoms with Crippen molar-refractivity contribution < 1.29 is 43.2 Å². The number of benzene rings is 4. The number of hydrogen-bond acceptors (Lipinski definition) is 2. The molecule has 0 aromatic heterocycles. The van der Waals surface area contributed by atoms with Gasteiger partial charge in [-0.25, -0.2) is 0 Å². The summed E-state index contributed by atoms with van der Waals surface area (Å²) in [4.78, 5) is 0. The summed E-state index contributed by atoms with van der Waals surface area (Å²) in [7, 11) is -1.99. The molecule has 4 aromatic carbocycles. The van der Waals surface area contributed by atoms with Crippen molar-refractivity contribution in [1.82, 2.24) is 0 Å². The molecule has 1 N–H and O–H groups in total. The summed E-state index contributed by atoms with van der Waals surface area (Å²) in [5.41, 5.74) is -5.53. The standard InChI is InChI=1S/2C14H16P2.CHF3O3S.Cu/c2*1-3-7-13(8-4-1)15-11-12-16-14-9-5-2-6-10-14;2-1(3,4)8(5,6)7;/h2*1-10,15-16H,11-12H2;(H,5,6,7);. The van der Waals surface area contributed by atoms with Gasteiger partial charge >= 0.3 is 15.6 Å². The van der Waals surface area contributed by atoms with Crippen LogP contribution in [0.2, 0.25) is 0 Å². The van der Waals surface area contributed by atoms with Gasteiger partial charge in [0.05, 0.1) is 0 Å². The third-order valence-electron chi connectivity index (χ3n) is 4.95. The van der Waals surface area contributed by atoms with Crippen molar-refractivity contribution >= 4 is 65.7 Å². The molecule has 0 fully saturated rings. The zero-order valence-corrected chi connectivity index (χ0v) is 27.7. The van der Waals surface area contributed by atoms with Gasteiger partial charge in [-0.05, 0) is 45.9 Å². The molecule has 4 rings (SSSR count). The molecule has 0 aliphatic carbocycles. The first kappa shape index (κ1) is 37.8. The van der Waals surface area contributed by atoms with E-state index in [0.29, 0.717) is 0 Å². The molecule has 0 spiro atoms. The first-order valence-corrected chi connectivity index (χ1v) is 18.6. The Morgan fingerprint density at radius 1 is 0.488 bits per heavy atom. The summed E-state index contributed by atoms with van der Waals surface area (Å²) in [6, 6.07) is 43.2. The quantitative estimate of drug-likeness (QED) is 0.0686. The number of hydrogen-bond donors (Lipinski definition) is 1. The summed E-state index contributed by atoms with van der Waals surface area (Å²) in [5, 5.41) is 5.95. The van der Waals surface area contributed by atoms with Gasteiger partial charge in [0.2, 0.25) is 0 Å². The molecule has 41 heavy (non-hydrogen) atoms. The minimum absolute atomic E-state index is 0. The molecule has 0 saturated carbocycles. The van der Waals surface area contributed by atoms with Crippen LogP contribution in [0.25, 0.3) is 0 Å². The van der Waals surface area contributed by atoms with E-state index in [-0.39, 0.29) is 17.1 Å². The number of halogens is 3. The number of alkyl halides is 3. The molecule has 12 heteroatoms.